The molecule has 11 aromatic carbocycles. The van der Waals surface area contributed by atoms with Gasteiger partial charge in [-0.1, -0.05) is 229 Å². The van der Waals surface area contributed by atoms with E-state index in [9.17, 15) is 12.3 Å². The first kappa shape index (κ1) is 33.9. The van der Waals surface area contributed by atoms with Crippen LogP contribution in [0.1, 0.15) is 93.9 Å². The van der Waals surface area contributed by atoms with Crippen LogP contribution >= 0.6 is 0 Å². The molecule has 3 aromatic heterocycles. The number of fused-ring (bicyclic) bond motifs is 4. The van der Waals surface area contributed by atoms with Gasteiger partial charge in [0, 0.05) is 54.0 Å². The van der Waals surface area contributed by atoms with E-state index in [1.807, 2.05) is 65.8 Å². The number of ether oxygens (including phenoxy) is 1. The Kier molecular flexibility index (Phi) is 8.94. The number of hydrogen-bond donors (Lipinski definition) is 0. The minimum Gasteiger partial charge on any atom is -0.510 e. The van der Waals surface area contributed by atoms with Gasteiger partial charge in [0.25, 0.3) is 6.33 Å². The Labute approximate surface area is 561 Å². The molecule has 0 saturated heterocycles. The third-order valence-electron chi connectivity index (χ3n) is 14.8. The van der Waals surface area contributed by atoms with Gasteiger partial charge in [0.1, 0.15) is 5.82 Å². The van der Waals surface area contributed by atoms with E-state index in [-0.39, 0.29) is 88.7 Å². The molecule has 6 heteroatoms. The zero-order valence-electron chi connectivity index (χ0n) is 73.6. The van der Waals surface area contributed by atoms with E-state index in [1.165, 1.54) is 18.3 Å². The van der Waals surface area contributed by atoms with Crippen molar-refractivity contribution in [2.24, 2.45) is 0 Å². The molecule has 0 bridgehead atoms. The van der Waals surface area contributed by atoms with Crippen molar-refractivity contribution < 1.29 is 66.0 Å². The summed E-state index contributed by atoms with van der Waals surface area (Å²) in [5, 5.41) is 1.36. The Morgan fingerprint density at radius 3 is 1.66 bits per heavy atom. The van der Waals surface area contributed by atoms with Crippen molar-refractivity contribution >= 4 is 32.8 Å². The fraction of sp³-hybridized carbons (Fsp3) is 0.111. The Morgan fingerprint density at radius 2 is 1.03 bits per heavy atom. The summed E-state index contributed by atoms with van der Waals surface area (Å²) in [6.45, 7) is 9.15. The number of imidazole rings is 1. The third-order valence-corrected chi connectivity index (χ3v) is 14.8. The van der Waals surface area contributed by atoms with Gasteiger partial charge < -0.3 is 13.9 Å². The van der Waals surface area contributed by atoms with Crippen LogP contribution < -0.4 is 9.30 Å². The SMILES string of the molecule is [2H]c1c([2H])c([2H])c(-c2cc(-c3cc(C(C)(C)C)cc(C(C)(C)C)c3)c(-[n+]3[c-]n(-c4[c-]c(Oc5[c-]c6c(cc5)c5ccccc5n6-c5cc(C([2H])([2H])[2H])c(-c6c([2H])c([2H])c([2H])c([2H])c6[2H])cn5)ccc4)c4ccccc43)c(-c3c([2H])c(-c4c([2H])c([2H])c([2H])c([2H])c4[2H])c([2H])c(-c4c([2H])c([2H])c([2H])c([2H])c4[2H])c3[2H])c2)c([2H])c1[2H].[Pt]. The number of aryl methyl sites for hydroxylation is 1. The molecular weight excluding hydrogens is 1240 g/mol. The van der Waals surface area contributed by atoms with Crippen LogP contribution in [0.25, 0.3) is 117 Å². The van der Waals surface area contributed by atoms with Crippen LogP contribution in [0.4, 0.5) is 0 Å². The van der Waals surface area contributed by atoms with E-state index in [0.29, 0.717) is 38.4 Å². The van der Waals surface area contributed by atoms with Crippen LogP contribution in [-0.2, 0) is 31.9 Å². The van der Waals surface area contributed by atoms with Gasteiger partial charge in [-0.05, 0) is 149 Å². The average Bonchev–Trinajstić information content (AvgIpc) is 1.43. The number of aromatic nitrogens is 4. The maximum Gasteiger partial charge on any atom is 0.268 e. The van der Waals surface area contributed by atoms with Gasteiger partial charge >= 0.3 is 0 Å². The summed E-state index contributed by atoms with van der Waals surface area (Å²) in [5.74, 6) is 0.335. The van der Waals surface area contributed by atoms with Gasteiger partial charge in [-0.25, -0.2) is 4.98 Å². The number of pyridine rings is 1. The first-order valence-corrected chi connectivity index (χ1v) is 27.5. The standard InChI is InChI=1S/C81H64N4O.Pt/c1-54-41-78(82-52-73(54)58-31-18-11-19-32-58)85-74-36-21-20-35-69(74)70-40-39-68(51-77(70)85)86-67-34-24-33-66(50-67)83-53-84(76-38-23-22-37-75(76)83)79-71(62-43-59(55-25-12-8-13-26-55)42-60(44-62)56-27-14-9-15-28-56)47-61(57-29-16-10-17-30-57)48-72(79)63-45-64(80(2,3)4)49-65(46-63)81(5,6)7;/h8-49,52H,1-7H3;/q-2;/i1D3,8D,9D,10D,11D,12D,13D,14D,15D,16D,17D,18D,19D,25D,26D,27D,28D,29D,30D,31D,32D,42D,43D,44D;. The molecule has 0 atom stereocenters. The zero-order chi connectivity index (χ0) is 81.2. The van der Waals surface area contributed by atoms with E-state index in [4.69, 9.17) is 33.0 Å². The van der Waals surface area contributed by atoms with Crippen molar-refractivity contribution in [3.8, 4) is 95.5 Å². The largest absolute Gasteiger partial charge is 0.510 e. The predicted octanol–water partition coefficient (Wildman–Crippen LogP) is 20.5. The Balaban J connectivity index is 0.0000112. The molecule has 0 aliphatic rings. The topological polar surface area (TPSA) is 35.9 Å². The first-order chi connectivity index (χ1) is 52.6. The number of rotatable bonds is 11. The molecule has 3 heterocycles. The molecule has 426 valence electrons. The average molecular weight is 1330 g/mol. The number of benzene rings is 11. The summed E-state index contributed by atoms with van der Waals surface area (Å²) < 4.78 is 248. The third kappa shape index (κ3) is 10.9. The molecule has 0 spiro atoms. The molecule has 0 fully saturated rings. The second-order valence-corrected chi connectivity index (χ2v) is 22.5. The second kappa shape index (κ2) is 23.0. The molecule has 14 aromatic rings. The van der Waals surface area contributed by atoms with Crippen LogP contribution in [0.5, 0.6) is 11.5 Å². The van der Waals surface area contributed by atoms with Crippen LogP contribution in [0.3, 0.4) is 0 Å². The van der Waals surface area contributed by atoms with E-state index < -0.39 is 184 Å². The maximum atomic E-state index is 10.6. The maximum absolute atomic E-state index is 10.6. The summed E-state index contributed by atoms with van der Waals surface area (Å²) in [6.07, 6.45) is 4.70. The van der Waals surface area contributed by atoms with Gasteiger partial charge in [-0.2, -0.15) is 18.2 Å². The minimum absolute atomic E-state index is 0. The fourth-order valence-electron chi connectivity index (χ4n) is 10.5. The van der Waals surface area contributed by atoms with Crippen molar-refractivity contribution in [1.29, 1.82) is 0 Å². The van der Waals surface area contributed by atoms with Crippen LogP contribution in [-0.4, -0.2) is 14.1 Å². The second-order valence-electron chi connectivity index (χ2n) is 22.5. The number of nitrogens with zero attached hydrogens (tertiary/aromatic N) is 4. The van der Waals surface area contributed by atoms with E-state index in [2.05, 4.69) is 24.5 Å². The molecule has 0 amide bonds. The van der Waals surface area contributed by atoms with Gasteiger partial charge in [0.2, 0.25) is 0 Å². The zero-order valence-corrected chi connectivity index (χ0v) is 49.8. The summed E-state index contributed by atoms with van der Waals surface area (Å²) in [4.78, 5) is 4.70. The van der Waals surface area contributed by atoms with Crippen molar-refractivity contribution in [2.45, 2.75) is 59.2 Å². The Hall–Kier alpha value is -9.67. The molecule has 0 saturated carbocycles. The van der Waals surface area contributed by atoms with Crippen molar-refractivity contribution in [3.05, 3.63) is 296 Å². The summed E-state index contributed by atoms with van der Waals surface area (Å²) >= 11 is 0. The Bertz CT molecular complexity index is 6190. The quantitative estimate of drug-likeness (QED) is 0.0956. The molecule has 5 nitrogen and oxygen atoms in total. The molecule has 0 N–H and O–H groups in total. The normalized spacial score (nSPS) is 16.1. The number of hydrogen-bond acceptors (Lipinski definition) is 2. The van der Waals surface area contributed by atoms with Crippen LogP contribution in [0.2, 0.25) is 0 Å². The molecule has 0 aliphatic carbocycles. The molecule has 14 rings (SSSR count). The van der Waals surface area contributed by atoms with Crippen molar-refractivity contribution in [2.75, 3.05) is 0 Å². The predicted molar refractivity (Wildman–Crippen MR) is 355 cm³/mol. The van der Waals surface area contributed by atoms with Crippen LogP contribution in [0, 0.1) is 25.3 Å². The van der Waals surface area contributed by atoms with E-state index >= 15 is 0 Å². The molecule has 87 heavy (non-hydrogen) atoms. The van der Waals surface area contributed by atoms with Gasteiger partial charge in [-0.15, -0.1) is 29.7 Å². The van der Waals surface area contributed by atoms with Crippen molar-refractivity contribution in [3.63, 3.8) is 0 Å². The monoisotopic (exact) mass is 1330 g/mol. The fourth-order valence-corrected chi connectivity index (χ4v) is 10.5. The summed E-state index contributed by atoms with van der Waals surface area (Å²) in [7, 11) is 0. The molecule has 0 unspecified atom stereocenters. The first-order valence-electron chi connectivity index (χ1n) is 40.5. The molecular formula is C81H64N4OPt-2. The number of para-hydroxylation sites is 3. The van der Waals surface area contributed by atoms with Crippen molar-refractivity contribution in [1.82, 2.24) is 14.1 Å². The molecule has 0 radical (unpaired) electrons. The minimum atomic E-state index is -2.89. The van der Waals surface area contributed by atoms with Crippen LogP contribution in [0.15, 0.2) is 260 Å². The van der Waals surface area contributed by atoms with Gasteiger partial charge in [0.15, 0.2) is 0 Å². The molecule has 0 aliphatic heterocycles. The summed E-state index contributed by atoms with van der Waals surface area (Å²) in [5.41, 5.74) is -1.90. The van der Waals surface area contributed by atoms with E-state index in [0.717, 1.165) is 11.1 Å². The Morgan fingerprint density at radius 1 is 0.483 bits per heavy atom. The van der Waals surface area contributed by atoms with Gasteiger partial charge in [0.05, 0.1) is 48.2 Å². The summed E-state index contributed by atoms with van der Waals surface area (Å²) in [6, 6.07) is 21.5. The smallest absolute Gasteiger partial charge is 0.268 e. The van der Waals surface area contributed by atoms with E-state index in [1.54, 1.807) is 86.5 Å². The van der Waals surface area contributed by atoms with Gasteiger partial charge in [-0.3, -0.25) is 4.57 Å².